The zero-order valence-corrected chi connectivity index (χ0v) is 14.3. The van der Waals surface area contributed by atoms with Crippen molar-refractivity contribution in [3.63, 3.8) is 0 Å². The molecule has 4 aromatic carbocycles. The number of hydrogen-bond acceptors (Lipinski definition) is 2. The largest absolute Gasteiger partial charge is 0.314 e. The molecule has 2 nitrogen and oxygen atoms in total. The molecular weight excluding hydrogens is 304 g/mol. The minimum Gasteiger partial charge on any atom is -0.314 e. The van der Waals surface area contributed by atoms with Gasteiger partial charge in [0.25, 0.3) is 0 Å². The Hall–Kier alpha value is -2.42. The molecule has 0 aromatic heterocycles. The SMILES string of the molecule is C=C[C@@H](c1ccc2ccc3cccc4ccc1c2c34)N1CCNCC1. The van der Waals surface area contributed by atoms with Crippen LogP contribution in [0.1, 0.15) is 11.6 Å². The second-order valence-corrected chi connectivity index (χ2v) is 6.98. The quantitative estimate of drug-likeness (QED) is 0.433. The Morgan fingerprint density at radius 2 is 1.48 bits per heavy atom. The van der Waals surface area contributed by atoms with E-state index >= 15 is 0 Å². The van der Waals surface area contributed by atoms with Crippen LogP contribution in [0.15, 0.2) is 67.3 Å². The first-order chi connectivity index (χ1) is 12.4. The first kappa shape index (κ1) is 14.9. The third kappa shape index (κ3) is 2.25. The summed E-state index contributed by atoms with van der Waals surface area (Å²) in [6.07, 6.45) is 2.11. The molecule has 1 aliphatic rings. The Kier molecular flexibility index (Phi) is 3.47. The lowest BCUT2D eigenvalue weighted by Gasteiger charge is -2.34. The van der Waals surface area contributed by atoms with Crippen molar-refractivity contribution in [3.8, 4) is 0 Å². The third-order valence-corrected chi connectivity index (χ3v) is 5.65. The van der Waals surface area contributed by atoms with Gasteiger partial charge >= 0.3 is 0 Å². The maximum absolute atomic E-state index is 4.16. The lowest BCUT2D eigenvalue weighted by atomic mass is 9.89. The zero-order chi connectivity index (χ0) is 16.8. The van der Waals surface area contributed by atoms with Gasteiger partial charge in [0.1, 0.15) is 0 Å². The molecule has 25 heavy (non-hydrogen) atoms. The lowest BCUT2D eigenvalue weighted by Crippen LogP contribution is -2.44. The molecule has 2 heteroatoms. The molecule has 1 saturated heterocycles. The summed E-state index contributed by atoms with van der Waals surface area (Å²) in [5, 5.41) is 11.6. The third-order valence-electron chi connectivity index (χ3n) is 5.65. The Morgan fingerprint density at radius 1 is 0.840 bits per heavy atom. The minimum atomic E-state index is 0.270. The Morgan fingerprint density at radius 3 is 2.20 bits per heavy atom. The standard InChI is InChI=1S/C23H22N2/c1-2-21(25-14-12-24-13-15-25)19-10-8-18-7-6-16-4-3-5-17-9-11-20(19)23(18)22(16)17/h2-11,21,24H,1,12-15H2/t21-/m0/s1. The highest BCUT2D eigenvalue weighted by Gasteiger charge is 2.22. The van der Waals surface area contributed by atoms with Gasteiger partial charge in [0.2, 0.25) is 0 Å². The van der Waals surface area contributed by atoms with E-state index in [1.807, 2.05) is 0 Å². The highest BCUT2D eigenvalue weighted by molar-refractivity contribution is 6.23. The molecule has 1 N–H and O–H groups in total. The smallest absolute Gasteiger partial charge is 0.0536 e. The van der Waals surface area contributed by atoms with Crippen LogP contribution < -0.4 is 5.32 Å². The van der Waals surface area contributed by atoms with E-state index in [4.69, 9.17) is 0 Å². The Balaban J connectivity index is 1.79. The van der Waals surface area contributed by atoms with Crippen molar-refractivity contribution in [1.29, 1.82) is 0 Å². The fourth-order valence-corrected chi connectivity index (χ4v) is 4.45. The molecule has 1 aliphatic heterocycles. The highest BCUT2D eigenvalue weighted by atomic mass is 15.2. The summed E-state index contributed by atoms with van der Waals surface area (Å²) in [7, 11) is 0. The topological polar surface area (TPSA) is 15.3 Å². The molecule has 1 atom stereocenters. The molecule has 4 aromatic rings. The van der Waals surface area contributed by atoms with Crippen LogP contribution in [-0.2, 0) is 0 Å². The van der Waals surface area contributed by atoms with Gasteiger partial charge in [0.15, 0.2) is 0 Å². The molecule has 1 heterocycles. The van der Waals surface area contributed by atoms with Crippen molar-refractivity contribution in [2.75, 3.05) is 26.2 Å². The van der Waals surface area contributed by atoms with Crippen LogP contribution in [0, 0.1) is 0 Å². The van der Waals surface area contributed by atoms with Crippen LogP contribution in [0.25, 0.3) is 32.3 Å². The maximum atomic E-state index is 4.16. The van der Waals surface area contributed by atoms with E-state index in [9.17, 15) is 0 Å². The van der Waals surface area contributed by atoms with Gasteiger partial charge in [-0.25, -0.2) is 0 Å². The van der Waals surface area contributed by atoms with Crippen molar-refractivity contribution in [2.45, 2.75) is 6.04 Å². The van der Waals surface area contributed by atoms with E-state index in [0.29, 0.717) is 0 Å². The lowest BCUT2D eigenvalue weighted by molar-refractivity contribution is 0.204. The molecule has 0 amide bonds. The predicted molar refractivity (Wildman–Crippen MR) is 108 cm³/mol. The first-order valence-corrected chi connectivity index (χ1v) is 9.10. The monoisotopic (exact) mass is 326 g/mol. The van der Waals surface area contributed by atoms with E-state index < -0.39 is 0 Å². The van der Waals surface area contributed by atoms with Gasteiger partial charge in [-0.3, -0.25) is 4.90 Å². The van der Waals surface area contributed by atoms with Gasteiger partial charge in [-0.15, -0.1) is 6.58 Å². The number of hydrogen-bond donors (Lipinski definition) is 1. The number of benzene rings is 4. The zero-order valence-electron chi connectivity index (χ0n) is 14.3. The van der Waals surface area contributed by atoms with Gasteiger partial charge in [-0.2, -0.15) is 0 Å². The predicted octanol–water partition coefficient (Wildman–Crippen LogP) is 4.72. The normalized spacial score (nSPS) is 17.4. The molecule has 0 bridgehead atoms. The highest BCUT2D eigenvalue weighted by Crippen LogP contribution is 2.38. The summed E-state index contributed by atoms with van der Waals surface area (Å²) >= 11 is 0. The summed E-state index contributed by atoms with van der Waals surface area (Å²) in [6, 6.07) is 20.5. The molecule has 0 saturated carbocycles. The van der Waals surface area contributed by atoms with Gasteiger partial charge in [-0.05, 0) is 37.9 Å². The molecule has 1 fully saturated rings. The maximum Gasteiger partial charge on any atom is 0.0536 e. The Bertz CT molecular complexity index is 1040. The molecular formula is C23H22N2. The van der Waals surface area contributed by atoms with Crippen molar-refractivity contribution in [3.05, 3.63) is 72.8 Å². The number of piperazine rings is 1. The molecule has 0 radical (unpaired) electrons. The summed E-state index contributed by atoms with van der Waals surface area (Å²) in [4.78, 5) is 2.54. The fourth-order valence-electron chi connectivity index (χ4n) is 4.45. The second kappa shape index (κ2) is 5.83. The fraction of sp³-hybridized carbons (Fsp3) is 0.217. The summed E-state index contributed by atoms with van der Waals surface area (Å²) in [6.45, 7) is 8.40. The second-order valence-electron chi connectivity index (χ2n) is 6.98. The van der Waals surface area contributed by atoms with Crippen LogP contribution in [-0.4, -0.2) is 31.1 Å². The average molecular weight is 326 g/mol. The van der Waals surface area contributed by atoms with E-state index in [0.717, 1.165) is 26.2 Å². The van der Waals surface area contributed by atoms with Gasteiger partial charge in [-0.1, -0.05) is 60.7 Å². The van der Waals surface area contributed by atoms with E-state index in [-0.39, 0.29) is 6.04 Å². The van der Waals surface area contributed by atoms with Crippen LogP contribution in [0.3, 0.4) is 0 Å². The summed E-state index contributed by atoms with van der Waals surface area (Å²) in [5.41, 5.74) is 1.38. The van der Waals surface area contributed by atoms with E-state index in [1.165, 1.54) is 37.9 Å². The van der Waals surface area contributed by atoms with E-state index in [2.05, 4.69) is 77.5 Å². The molecule has 0 aliphatic carbocycles. The molecule has 124 valence electrons. The van der Waals surface area contributed by atoms with Crippen molar-refractivity contribution < 1.29 is 0 Å². The number of nitrogens with one attached hydrogen (secondary N) is 1. The molecule has 0 spiro atoms. The minimum absolute atomic E-state index is 0.270. The van der Waals surface area contributed by atoms with Crippen LogP contribution in [0.4, 0.5) is 0 Å². The molecule has 0 unspecified atom stereocenters. The van der Waals surface area contributed by atoms with Crippen LogP contribution in [0.2, 0.25) is 0 Å². The van der Waals surface area contributed by atoms with E-state index in [1.54, 1.807) is 0 Å². The number of nitrogens with zero attached hydrogens (tertiary/aromatic N) is 1. The van der Waals surface area contributed by atoms with Crippen molar-refractivity contribution in [2.24, 2.45) is 0 Å². The van der Waals surface area contributed by atoms with Gasteiger partial charge in [0.05, 0.1) is 6.04 Å². The van der Waals surface area contributed by atoms with Gasteiger partial charge < -0.3 is 5.32 Å². The Labute approximate surface area is 148 Å². The average Bonchev–Trinajstić information content (AvgIpc) is 2.68. The summed E-state index contributed by atoms with van der Waals surface area (Å²) in [5.74, 6) is 0. The van der Waals surface area contributed by atoms with Crippen molar-refractivity contribution >= 4 is 32.3 Å². The summed E-state index contributed by atoms with van der Waals surface area (Å²) < 4.78 is 0. The van der Waals surface area contributed by atoms with Crippen LogP contribution >= 0.6 is 0 Å². The van der Waals surface area contributed by atoms with Crippen LogP contribution in [0.5, 0.6) is 0 Å². The van der Waals surface area contributed by atoms with Crippen molar-refractivity contribution in [1.82, 2.24) is 10.2 Å². The molecule has 5 rings (SSSR count). The van der Waals surface area contributed by atoms with Gasteiger partial charge in [0, 0.05) is 26.2 Å². The first-order valence-electron chi connectivity index (χ1n) is 9.10. The number of rotatable bonds is 3.